The summed E-state index contributed by atoms with van der Waals surface area (Å²) in [6, 6.07) is 0. The fourth-order valence-electron chi connectivity index (χ4n) is 2.56. The molecule has 0 amide bonds. The summed E-state index contributed by atoms with van der Waals surface area (Å²) in [5.74, 6) is 0.680. The Kier molecular flexibility index (Phi) is 5.79. The highest BCUT2D eigenvalue weighted by atomic mass is 31.3. The molecular formula is C10H22O7P2. The molecule has 1 unspecified atom stereocenters. The van der Waals surface area contributed by atoms with E-state index in [0.29, 0.717) is 12.3 Å². The van der Waals surface area contributed by atoms with Crippen LogP contribution in [0.3, 0.4) is 0 Å². The standard InChI is InChI=1S/C10H22O7P2/c1-7(2)9-5-4-8(3)6-10(9)16-19(14,15)17-18(11,12)13/h7-10H,4-6H2,1-3H3,(H,14,15)(H2,11,12,13)/t8-,9+,10-/m1/s1. The van der Waals surface area contributed by atoms with E-state index in [0.717, 1.165) is 12.8 Å². The molecule has 4 atom stereocenters. The molecule has 0 bridgehead atoms. The van der Waals surface area contributed by atoms with E-state index in [1.807, 2.05) is 20.8 Å². The van der Waals surface area contributed by atoms with E-state index in [4.69, 9.17) is 14.3 Å². The van der Waals surface area contributed by atoms with Crippen molar-refractivity contribution in [3.63, 3.8) is 0 Å². The van der Waals surface area contributed by atoms with Crippen LogP contribution in [0.5, 0.6) is 0 Å². The first-order chi connectivity index (χ1) is 8.50. The molecular weight excluding hydrogens is 294 g/mol. The molecule has 0 radical (unpaired) electrons. The normalized spacial score (nSPS) is 32.3. The Morgan fingerprint density at radius 2 is 1.74 bits per heavy atom. The van der Waals surface area contributed by atoms with Crippen LogP contribution in [-0.2, 0) is 18.0 Å². The van der Waals surface area contributed by atoms with Crippen molar-refractivity contribution in [2.75, 3.05) is 0 Å². The summed E-state index contributed by atoms with van der Waals surface area (Å²) < 4.78 is 31.1. The minimum atomic E-state index is -5.05. The minimum absolute atomic E-state index is 0.0806. The average Bonchev–Trinajstić information content (AvgIpc) is 2.11. The molecule has 0 aliphatic heterocycles. The van der Waals surface area contributed by atoms with E-state index in [1.54, 1.807) is 0 Å². The van der Waals surface area contributed by atoms with Gasteiger partial charge in [0.2, 0.25) is 0 Å². The van der Waals surface area contributed by atoms with Gasteiger partial charge >= 0.3 is 15.6 Å². The number of phosphoric ester groups is 1. The first-order valence-corrected chi connectivity index (χ1v) is 9.31. The molecule has 19 heavy (non-hydrogen) atoms. The van der Waals surface area contributed by atoms with Gasteiger partial charge in [0, 0.05) is 0 Å². The first kappa shape index (κ1) is 17.3. The van der Waals surface area contributed by atoms with Gasteiger partial charge in [0.05, 0.1) is 6.10 Å². The van der Waals surface area contributed by atoms with E-state index in [-0.39, 0.29) is 11.8 Å². The monoisotopic (exact) mass is 316 g/mol. The highest BCUT2D eigenvalue weighted by Gasteiger charge is 2.40. The molecule has 114 valence electrons. The second-order valence-electron chi connectivity index (χ2n) is 5.51. The van der Waals surface area contributed by atoms with Crippen LogP contribution in [0.25, 0.3) is 0 Å². The number of hydrogen-bond acceptors (Lipinski definition) is 4. The van der Waals surface area contributed by atoms with Gasteiger partial charge in [-0.1, -0.05) is 27.2 Å². The summed E-state index contributed by atoms with van der Waals surface area (Å²) in [5, 5.41) is 0. The van der Waals surface area contributed by atoms with Crippen LogP contribution in [0.15, 0.2) is 0 Å². The quantitative estimate of drug-likeness (QED) is 0.668. The van der Waals surface area contributed by atoms with Gasteiger partial charge in [-0.15, -0.1) is 0 Å². The minimum Gasteiger partial charge on any atom is -0.302 e. The van der Waals surface area contributed by atoms with Gasteiger partial charge in [0.15, 0.2) is 0 Å². The SMILES string of the molecule is CC(C)[C@@H]1CC[C@@H](C)C[C@H]1OP(=O)(O)OP(=O)(O)O. The van der Waals surface area contributed by atoms with Crippen LogP contribution in [0.4, 0.5) is 0 Å². The lowest BCUT2D eigenvalue weighted by Gasteiger charge is -2.37. The molecule has 0 saturated heterocycles. The molecule has 1 aliphatic carbocycles. The van der Waals surface area contributed by atoms with E-state index in [1.165, 1.54) is 0 Å². The zero-order valence-electron chi connectivity index (χ0n) is 11.3. The lowest BCUT2D eigenvalue weighted by molar-refractivity contribution is 0.0228. The fraction of sp³-hybridized carbons (Fsp3) is 1.00. The van der Waals surface area contributed by atoms with E-state index >= 15 is 0 Å². The first-order valence-electron chi connectivity index (χ1n) is 6.28. The third-order valence-electron chi connectivity index (χ3n) is 3.44. The van der Waals surface area contributed by atoms with Gasteiger partial charge in [-0.3, -0.25) is 4.52 Å². The topological polar surface area (TPSA) is 113 Å². The Morgan fingerprint density at radius 1 is 1.16 bits per heavy atom. The summed E-state index contributed by atoms with van der Waals surface area (Å²) in [4.78, 5) is 26.6. The molecule has 7 nitrogen and oxygen atoms in total. The Morgan fingerprint density at radius 3 is 2.21 bits per heavy atom. The lowest BCUT2D eigenvalue weighted by Crippen LogP contribution is -2.33. The molecule has 3 N–H and O–H groups in total. The number of phosphoric acid groups is 2. The highest BCUT2D eigenvalue weighted by Crippen LogP contribution is 2.59. The van der Waals surface area contributed by atoms with Gasteiger partial charge in [0.1, 0.15) is 0 Å². The van der Waals surface area contributed by atoms with Crippen molar-refractivity contribution in [3.05, 3.63) is 0 Å². The van der Waals surface area contributed by atoms with E-state index in [2.05, 4.69) is 4.31 Å². The molecule has 0 heterocycles. The van der Waals surface area contributed by atoms with Gasteiger partial charge < -0.3 is 14.7 Å². The van der Waals surface area contributed by atoms with Crippen LogP contribution in [0.1, 0.15) is 40.0 Å². The molecule has 0 aromatic heterocycles. The van der Waals surface area contributed by atoms with E-state index in [9.17, 15) is 14.0 Å². The van der Waals surface area contributed by atoms with E-state index < -0.39 is 21.7 Å². The Hall–Kier alpha value is 0.260. The predicted octanol–water partition coefficient (Wildman–Crippen LogP) is 2.67. The van der Waals surface area contributed by atoms with Crippen molar-refractivity contribution in [2.45, 2.75) is 46.1 Å². The third-order valence-corrected chi connectivity index (χ3v) is 5.65. The molecule has 1 rings (SSSR count). The van der Waals surface area contributed by atoms with Crippen LogP contribution < -0.4 is 0 Å². The van der Waals surface area contributed by atoms with Crippen LogP contribution in [0.2, 0.25) is 0 Å². The molecule has 0 spiro atoms. The Bertz CT molecular complexity index is 391. The molecule has 0 aromatic rings. The van der Waals surface area contributed by atoms with Crippen molar-refractivity contribution < 1.29 is 32.6 Å². The smallest absolute Gasteiger partial charge is 0.302 e. The molecule has 1 saturated carbocycles. The maximum Gasteiger partial charge on any atom is 0.481 e. The second kappa shape index (κ2) is 6.35. The van der Waals surface area contributed by atoms with Crippen LogP contribution in [0, 0.1) is 17.8 Å². The van der Waals surface area contributed by atoms with Gasteiger partial charge in [0.25, 0.3) is 0 Å². The number of hydrogen-bond donors (Lipinski definition) is 3. The predicted molar refractivity (Wildman–Crippen MR) is 69.2 cm³/mol. The Balaban J connectivity index is 2.76. The summed E-state index contributed by atoms with van der Waals surface area (Å²) in [5.41, 5.74) is 0. The summed E-state index contributed by atoms with van der Waals surface area (Å²) in [7, 11) is -9.80. The van der Waals surface area contributed by atoms with Crippen molar-refractivity contribution >= 4 is 15.6 Å². The van der Waals surface area contributed by atoms with Crippen molar-refractivity contribution in [1.82, 2.24) is 0 Å². The summed E-state index contributed by atoms with van der Waals surface area (Å²) >= 11 is 0. The summed E-state index contributed by atoms with van der Waals surface area (Å²) in [6.07, 6.45) is 1.93. The molecule has 1 fully saturated rings. The zero-order chi connectivity index (χ0) is 14.8. The van der Waals surface area contributed by atoms with Crippen molar-refractivity contribution in [1.29, 1.82) is 0 Å². The maximum atomic E-state index is 11.6. The fourth-order valence-corrected chi connectivity index (χ4v) is 4.37. The molecule has 0 aromatic carbocycles. The lowest BCUT2D eigenvalue weighted by atomic mass is 9.75. The van der Waals surface area contributed by atoms with Gasteiger partial charge in [-0.05, 0) is 30.6 Å². The highest BCUT2D eigenvalue weighted by molar-refractivity contribution is 7.60. The van der Waals surface area contributed by atoms with Crippen molar-refractivity contribution in [2.24, 2.45) is 17.8 Å². The second-order valence-corrected chi connectivity index (χ2v) is 8.29. The van der Waals surface area contributed by atoms with Gasteiger partial charge in [-0.25, -0.2) is 9.13 Å². The van der Waals surface area contributed by atoms with Crippen LogP contribution >= 0.6 is 15.6 Å². The Labute approximate surface area is 113 Å². The zero-order valence-corrected chi connectivity index (χ0v) is 13.1. The van der Waals surface area contributed by atoms with Gasteiger partial charge in [-0.2, -0.15) is 4.31 Å². The average molecular weight is 316 g/mol. The third kappa shape index (κ3) is 6.05. The summed E-state index contributed by atoms with van der Waals surface area (Å²) in [6.45, 7) is 5.99. The van der Waals surface area contributed by atoms with Crippen LogP contribution in [-0.4, -0.2) is 20.8 Å². The molecule has 9 heteroatoms. The number of rotatable bonds is 5. The maximum absolute atomic E-state index is 11.6. The van der Waals surface area contributed by atoms with Crippen molar-refractivity contribution in [3.8, 4) is 0 Å². The largest absolute Gasteiger partial charge is 0.481 e. The molecule has 1 aliphatic rings.